The van der Waals surface area contributed by atoms with Crippen molar-refractivity contribution in [2.24, 2.45) is 0 Å². The Labute approximate surface area is 180 Å². The third-order valence-corrected chi connectivity index (χ3v) is 6.51. The molecule has 0 heterocycles. The van der Waals surface area contributed by atoms with E-state index in [9.17, 15) is 17.6 Å². The van der Waals surface area contributed by atoms with E-state index in [0.29, 0.717) is 23.7 Å². The first-order valence-electron chi connectivity index (χ1n) is 9.08. The number of rotatable bonds is 11. The number of carbonyl (C=O) groups excluding carboxylic acids is 1. The molecule has 2 aromatic carbocycles. The van der Waals surface area contributed by atoms with E-state index in [0.717, 1.165) is 17.8 Å². The average molecular weight is 459 g/mol. The molecular formula is C20H24ClFN2O3S2. The normalized spacial score (nSPS) is 11.3. The second kappa shape index (κ2) is 11.4. The lowest BCUT2D eigenvalue weighted by Gasteiger charge is -2.22. The largest absolute Gasteiger partial charge is 0.355 e. The molecule has 0 aliphatic rings. The molecule has 0 bridgehead atoms. The number of thioether (sulfide) groups is 1. The van der Waals surface area contributed by atoms with E-state index in [4.69, 9.17) is 11.6 Å². The maximum absolute atomic E-state index is 13.1. The third kappa shape index (κ3) is 8.64. The number of hydrogen-bond donors (Lipinski definition) is 1. The predicted octanol–water partition coefficient (Wildman–Crippen LogP) is 4.07. The summed E-state index contributed by atoms with van der Waals surface area (Å²) < 4.78 is 38.2. The smallest absolute Gasteiger partial charge is 0.232 e. The summed E-state index contributed by atoms with van der Waals surface area (Å²) in [5, 5.41) is 3.55. The van der Waals surface area contributed by atoms with Crippen LogP contribution in [0.5, 0.6) is 0 Å². The summed E-state index contributed by atoms with van der Waals surface area (Å²) in [7, 11) is -3.51. The van der Waals surface area contributed by atoms with Gasteiger partial charge in [-0.1, -0.05) is 23.7 Å². The molecule has 29 heavy (non-hydrogen) atoms. The van der Waals surface area contributed by atoms with Gasteiger partial charge in [-0.25, -0.2) is 12.8 Å². The lowest BCUT2D eigenvalue weighted by molar-refractivity contribution is -0.121. The highest BCUT2D eigenvalue weighted by Gasteiger charge is 2.17. The van der Waals surface area contributed by atoms with Crippen molar-refractivity contribution < 1.29 is 17.6 Å². The predicted molar refractivity (Wildman–Crippen MR) is 118 cm³/mol. The molecule has 0 unspecified atom stereocenters. The van der Waals surface area contributed by atoms with E-state index in [-0.39, 0.29) is 18.9 Å². The minimum Gasteiger partial charge on any atom is -0.355 e. The highest BCUT2D eigenvalue weighted by Crippen LogP contribution is 2.19. The van der Waals surface area contributed by atoms with Gasteiger partial charge < -0.3 is 5.32 Å². The molecule has 0 aliphatic carbocycles. The van der Waals surface area contributed by atoms with Crippen LogP contribution >= 0.6 is 23.4 Å². The number of carbonyl (C=O) groups is 1. The second-order valence-electron chi connectivity index (χ2n) is 6.44. The summed E-state index contributed by atoms with van der Waals surface area (Å²) in [5.41, 5.74) is 1.56. The van der Waals surface area contributed by atoms with Crippen LogP contribution in [0, 0.1) is 5.82 Å². The number of sulfonamides is 1. The highest BCUT2D eigenvalue weighted by atomic mass is 35.5. The van der Waals surface area contributed by atoms with Crippen molar-refractivity contribution in [1.29, 1.82) is 0 Å². The fourth-order valence-corrected chi connectivity index (χ4v) is 4.51. The van der Waals surface area contributed by atoms with Gasteiger partial charge in [0.1, 0.15) is 5.82 Å². The Morgan fingerprint density at radius 3 is 2.41 bits per heavy atom. The zero-order chi connectivity index (χ0) is 21.3. The van der Waals surface area contributed by atoms with Crippen molar-refractivity contribution in [2.45, 2.75) is 18.6 Å². The minimum absolute atomic E-state index is 0.121. The molecule has 0 saturated carbocycles. The highest BCUT2D eigenvalue weighted by molar-refractivity contribution is 7.98. The van der Waals surface area contributed by atoms with Crippen molar-refractivity contribution in [1.82, 2.24) is 5.32 Å². The van der Waals surface area contributed by atoms with E-state index in [1.165, 1.54) is 34.1 Å². The maximum atomic E-state index is 13.1. The molecule has 0 atom stereocenters. The van der Waals surface area contributed by atoms with Crippen LogP contribution in [0.25, 0.3) is 0 Å². The number of anilines is 1. The SMILES string of the molecule is CS(=O)(=O)N(CCCC(=O)NCCSCc1ccc(Cl)cc1)c1ccc(F)cc1. The summed E-state index contributed by atoms with van der Waals surface area (Å²) in [4.78, 5) is 12.0. The second-order valence-corrected chi connectivity index (χ2v) is 9.89. The molecule has 1 amide bonds. The summed E-state index contributed by atoms with van der Waals surface area (Å²) in [6.07, 6.45) is 1.68. The van der Waals surface area contributed by atoms with Crippen LogP contribution in [0.15, 0.2) is 48.5 Å². The van der Waals surface area contributed by atoms with Gasteiger partial charge in [0.05, 0.1) is 11.9 Å². The topological polar surface area (TPSA) is 66.5 Å². The quantitative estimate of drug-likeness (QED) is 0.515. The Balaban J connectivity index is 1.68. The molecule has 0 spiro atoms. The van der Waals surface area contributed by atoms with Gasteiger partial charge in [0.15, 0.2) is 0 Å². The molecule has 1 N–H and O–H groups in total. The van der Waals surface area contributed by atoms with Crippen molar-refractivity contribution >= 4 is 45.0 Å². The van der Waals surface area contributed by atoms with Gasteiger partial charge >= 0.3 is 0 Å². The minimum atomic E-state index is -3.51. The fourth-order valence-electron chi connectivity index (χ4n) is 2.60. The first-order valence-corrected chi connectivity index (χ1v) is 12.5. The lowest BCUT2D eigenvalue weighted by atomic mass is 10.2. The van der Waals surface area contributed by atoms with Crippen LogP contribution in [0.3, 0.4) is 0 Å². The number of benzene rings is 2. The fraction of sp³-hybridized carbons (Fsp3) is 0.350. The Kier molecular flexibility index (Phi) is 9.26. The van der Waals surface area contributed by atoms with Gasteiger partial charge in [0.2, 0.25) is 15.9 Å². The van der Waals surface area contributed by atoms with Crippen LogP contribution in [0.1, 0.15) is 18.4 Å². The molecule has 2 rings (SSSR count). The average Bonchev–Trinajstić information content (AvgIpc) is 2.66. The third-order valence-electron chi connectivity index (χ3n) is 4.03. The van der Waals surface area contributed by atoms with Crippen molar-refractivity contribution in [3.05, 3.63) is 64.9 Å². The first kappa shape index (κ1) is 23.5. The number of nitrogens with one attached hydrogen (secondary N) is 1. The Bertz CT molecular complexity index is 891. The first-order chi connectivity index (χ1) is 13.8. The Morgan fingerprint density at radius 2 is 1.79 bits per heavy atom. The molecule has 158 valence electrons. The molecule has 5 nitrogen and oxygen atoms in total. The van der Waals surface area contributed by atoms with Gasteiger partial charge in [-0.05, 0) is 48.4 Å². The van der Waals surface area contributed by atoms with E-state index in [1.54, 1.807) is 11.8 Å². The Morgan fingerprint density at radius 1 is 1.14 bits per heavy atom. The molecule has 0 radical (unpaired) electrons. The number of amides is 1. The van der Waals surface area contributed by atoms with Crippen molar-refractivity contribution in [3.63, 3.8) is 0 Å². The van der Waals surface area contributed by atoms with Crippen LogP contribution in [0.2, 0.25) is 5.02 Å². The van der Waals surface area contributed by atoms with Gasteiger partial charge in [0, 0.05) is 36.0 Å². The summed E-state index contributed by atoms with van der Waals surface area (Å²) >= 11 is 7.56. The monoisotopic (exact) mass is 458 g/mol. The summed E-state index contributed by atoms with van der Waals surface area (Å²) in [6, 6.07) is 12.9. The summed E-state index contributed by atoms with van der Waals surface area (Å²) in [6.45, 7) is 0.702. The summed E-state index contributed by atoms with van der Waals surface area (Å²) in [5.74, 6) is 1.06. The van der Waals surface area contributed by atoms with Crippen molar-refractivity contribution in [2.75, 3.05) is 29.4 Å². The number of halogens is 2. The van der Waals surface area contributed by atoms with Crippen LogP contribution < -0.4 is 9.62 Å². The van der Waals surface area contributed by atoms with Gasteiger partial charge in [-0.3, -0.25) is 9.10 Å². The van der Waals surface area contributed by atoms with Crippen LogP contribution in [0.4, 0.5) is 10.1 Å². The molecule has 0 aromatic heterocycles. The van der Waals surface area contributed by atoms with Crippen molar-refractivity contribution in [3.8, 4) is 0 Å². The number of nitrogens with zero attached hydrogens (tertiary/aromatic N) is 1. The molecule has 9 heteroatoms. The molecule has 0 aliphatic heterocycles. The number of hydrogen-bond acceptors (Lipinski definition) is 4. The maximum Gasteiger partial charge on any atom is 0.232 e. The van der Waals surface area contributed by atoms with E-state index in [1.807, 2.05) is 24.3 Å². The van der Waals surface area contributed by atoms with E-state index < -0.39 is 15.8 Å². The molecule has 0 fully saturated rings. The van der Waals surface area contributed by atoms with Crippen LogP contribution in [-0.4, -0.2) is 39.4 Å². The molecular weight excluding hydrogens is 435 g/mol. The molecule has 2 aromatic rings. The van der Waals surface area contributed by atoms with Gasteiger partial charge in [0.25, 0.3) is 0 Å². The van der Waals surface area contributed by atoms with Gasteiger partial charge in [-0.2, -0.15) is 11.8 Å². The van der Waals surface area contributed by atoms with E-state index in [2.05, 4.69) is 5.32 Å². The standard InChI is InChI=1S/C20H24ClFN2O3S2/c1-29(26,27)24(19-10-8-18(22)9-11-19)13-2-3-20(25)23-12-14-28-15-16-4-6-17(21)7-5-16/h4-11H,2-3,12-15H2,1H3,(H,23,25). The van der Waals surface area contributed by atoms with Gasteiger partial charge in [-0.15, -0.1) is 0 Å². The zero-order valence-electron chi connectivity index (χ0n) is 16.1. The molecule has 0 saturated heterocycles. The van der Waals surface area contributed by atoms with E-state index >= 15 is 0 Å². The zero-order valence-corrected chi connectivity index (χ0v) is 18.5. The van der Waals surface area contributed by atoms with Crippen LogP contribution in [-0.2, 0) is 20.6 Å². The Hall–Kier alpha value is -1.77. The lowest BCUT2D eigenvalue weighted by Crippen LogP contribution is -2.32.